The van der Waals surface area contributed by atoms with Gasteiger partial charge in [0.25, 0.3) is 0 Å². The molecule has 9 nitrogen and oxygen atoms in total. The maximum absolute atomic E-state index is 6.11. The molecule has 4 rings (SSSR count). The van der Waals surface area contributed by atoms with Gasteiger partial charge in [-0.1, -0.05) is 0 Å². The highest BCUT2D eigenvalue weighted by Crippen LogP contribution is 2.22. The molecule has 9 heteroatoms. The predicted octanol–water partition coefficient (Wildman–Crippen LogP) is 1.12. The summed E-state index contributed by atoms with van der Waals surface area (Å²) in [6.07, 6.45) is 1.60. The zero-order valence-electron chi connectivity index (χ0n) is 15.0. The Hall–Kier alpha value is -2.65. The van der Waals surface area contributed by atoms with Crippen LogP contribution in [-0.2, 0) is 4.74 Å². The van der Waals surface area contributed by atoms with Gasteiger partial charge < -0.3 is 19.8 Å². The third-order valence-electron chi connectivity index (χ3n) is 4.75. The molecule has 0 saturated carbocycles. The fraction of sp³-hybridized carbons (Fsp3) is 0.471. The molecule has 1 atom stereocenters. The molecule has 1 saturated heterocycles. The topological polar surface area (TPSA) is 98.0 Å². The van der Waals surface area contributed by atoms with E-state index >= 15 is 0 Å². The number of aromatic nitrogens is 4. The van der Waals surface area contributed by atoms with Gasteiger partial charge >= 0.3 is 0 Å². The normalized spacial score (nSPS) is 17.1. The Morgan fingerprint density at radius 1 is 1.27 bits per heavy atom. The molecule has 0 amide bonds. The van der Waals surface area contributed by atoms with Crippen molar-refractivity contribution in [3.05, 3.63) is 24.5 Å². The molecule has 138 valence electrons. The van der Waals surface area contributed by atoms with E-state index in [0.29, 0.717) is 29.2 Å². The minimum atomic E-state index is 0.318. The van der Waals surface area contributed by atoms with Crippen LogP contribution in [0.25, 0.3) is 17.2 Å². The van der Waals surface area contributed by atoms with Gasteiger partial charge in [-0.25, -0.2) is 4.98 Å². The quantitative estimate of drug-likeness (QED) is 0.725. The van der Waals surface area contributed by atoms with Crippen molar-refractivity contribution in [3.8, 4) is 11.6 Å². The maximum Gasteiger partial charge on any atom is 0.225 e. The van der Waals surface area contributed by atoms with Crippen LogP contribution < -0.4 is 10.6 Å². The molecule has 3 aromatic rings. The van der Waals surface area contributed by atoms with Crippen molar-refractivity contribution in [2.45, 2.75) is 13.0 Å². The number of hydrogen-bond donors (Lipinski definition) is 1. The molecule has 0 spiro atoms. The second kappa shape index (κ2) is 6.93. The Morgan fingerprint density at radius 3 is 2.77 bits per heavy atom. The van der Waals surface area contributed by atoms with Crippen LogP contribution in [-0.4, -0.2) is 70.4 Å². The van der Waals surface area contributed by atoms with Gasteiger partial charge in [0.15, 0.2) is 11.4 Å². The average Bonchev–Trinajstić information content (AvgIpc) is 3.31. The molecule has 0 aromatic carbocycles. The summed E-state index contributed by atoms with van der Waals surface area (Å²) in [5, 5.41) is 4.38. The molecule has 1 fully saturated rings. The van der Waals surface area contributed by atoms with Crippen LogP contribution in [0.5, 0.6) is 0 Å². The van der Waals surface area contributed by atoms with Gasteiger partial charge in [-0.05, 0) is 19.1 Å². The number of hydrogen-bond acceptors (Lipinski definition) is 8. The number of ether oxygens (including phenoxy) is 1. The van der Waals surface area contributed by atoms with Crippen molar-refractivity contribution in [3.63, 3.8) is 0 Å². The molecular formula is C17H23N7O2. The number of fused-ring (bicyclic) bond motifs is 1. The van der Waals surface area contributed by atoms with Gasteiger partial charge in [-0.15, -0.1) is 5.10 Å². The zero-order valence-corrected chi connectivity index (χ0v) is 15.0. The lowest BCUT2D eigenvalue weighted by molar-refractivity contribution is 0.0952. The number of anilines is 2. The fourth-order valence-electron chi connectivity index (χ4n) is 3.31. The second-order valence-corrected chi connectivity index (χ2v) is 6.48. The van der Waals surface area contributed by atoms with Gasteiger partial charge in [0.1, 0.15) is 5.82 Å². The first-order valence-electron chi connectivity index (χ1n) is 8.71. The Kier molecular flexibility index (Phi) is 4.48. The van der Waals surface area contributed by atoms with E-state index in [9.17, 15) is 0 Å². The molecule has 26 heavy (non-hydrogen) atoms. The Balaban J connectivity index is 1.54. The highest BCUT2D eigenvalue weighted by Gasteiger charge is 2.23. The van der Waals surface area contributed by atoms with E-state index in [1.54, 1.807) is 19.4 Å². The van der Waals surface area contributed by atoms with E-state index in [-0.39, 0.29) is 0 Å². The molecule has 2 N–H and O–H groups in total. The average molecular weight is 357 g/mol. The van der Waals surface area contributed by atoms with E-state index in [1.807, 2.05) is 12.1 Å². The number of methoxy groups -OCH3 is 1. The predicted molar refractivity (Wildman–Crippen MR) is 98.0 cm³/mol. The summed E-state index contributed by atoms with van der Waals surface area (Å²) in [5.74, 6) is 2.25. The fourth-order valence-corrected chi connectivity index (χ4v) is 3.31. The van der Waals surface area contributed by atoms with Crippen LogP contribution in [0.4, 0.5) is 11.8 Å². The molecule has 0 bridgehead atoms. The van der Waals surface area contributed by atoms with Crippen molar-refractivity contribution in [2.75, 3.05) is 50.5 Å². The molecule has 1 aliphatic rings. The van der Waals surface area contributed by atoms with E-state index in [2.05, 4.69) is 31.8 Å². The van der Waals surface area contributed by atoms with Crippen LogP contribution in [0.15, 0.2) is 28.9 Å². The molecule has 0 radical (unpaired) electrons. The number of rotatable bonds is 5. The summed E-state index contributed by atoms with van der Waals surface area (Å²) in [6.45, 7) is 6.62. The van der Waals surface area contributed by atoms with E-state index in [4.69, 9.17) is 14.9 Å². The minimum absolute atomic E-state index is 0.318. The molecule has 1 aliphatic heterocycles. The first-order chi connectivity index (χ1) is 12.7. The number of furan rings is 1. The lowest BCUT2D eigenvalue weighted by Crippen LogP contribution is -2.51. The Bertz CT molecular complexity index is 869. The van der Waals surface area contributed by atoms with Crippen LogP contribution in [0.3, 0.4) is 0 Å². The van der Waals surface area contributed by atoms with Crippen LogP contribution in [0.1, 0.15) is 6.92 Å². The van der Waals surface area contributed by atoms with Gasteiger partial charge in [-0.3, -0.25) is 4.90 Å². The van der Waals surface area contributed by atoms with Crippen LogP contribution >= 0.6 is 0 Å². The van der Waals surface area contributed by atoms with E-state index in [0.717, 1.165) is 38.6 Å². The van der Waals surface area contributed by atoms with Crippen molar-refractivity contribution in [1.29, 1.82) is 0 Å². The van der Waals surface area contributed by atoms with Crippen molar-refractivity contribution in [2.24, 2.45) is 0 Å². The largest absolute Gasteiger partial charge is 0.461 e. The Labute approximate surface area is 151 Å². The van der Waals surface area contributed by atoms with E-state index in [1.165, 1.54) is 4.52 Å². The van der Waals surface area contributed by atoms with Gasteiger partial charge in [-0.2, -0.15) is 9.50 Å². The van der Waals surface area contributed by atoms with Crippen molar-refractivity contribution < 1.29 is 9.15 Å². The van der Waals surface area contributed by atoms with Crippen molar-refractivity contribution >= 4 is 17.4 Å². The standard InChI is InChI=1S/C17H23N7O2/c1-12(11-25-2)22-5-7-23(8-6-22)14-10-15-19-16(13-4-3-9-26-13)21-24(15)17(18)20-14/h3-4,9-10,12H,5-8,11H2,1-2H3,(H2,18,20). The van der Waals surface area contributed by atoms with Crippen molar-refractivity contribution in [1.82, 2.24) is 24.5 Å². The molecule has 1 unspecified atom stereocenters. The summed E-state index contributed by atoms with van der Waals surface area (Å²) in [6, 6.07) is 5.96. The van der Waals surface area contributed by atoms with Gasteiger partial charge in [0.05, 0.1) is 12.9 Å². The second-order valence-electron chi connectivity index (χ2n) is 6.48. The number of nitrogens with two attached hydrogens (primary N) is 1. The molecule has 0 aliphatic carbocycles. The summed E-state index contributed by atoms with van der Waals surface area (Å²) in [5.41, 5.74) is 6.77. The summed E-state index contributed by atoms with van der Waals surface area (Å²) in [7, 11) is 1.74. The minimum Gasteiger partial charge on any atom is -0.461 e. The zero-order chi connectivity index (χ0) is 18.1. The third kappa shape index (κ3) is 3.11. The summed E-state index contributed by atoms with van der Waals surface area (Å²) < 4.78 is 12.2. The van der Waals surface area contributed by atoms with Crippen LogP contribution in [0, 0.1) is 0 Å². The monoisotopic (exact) mass is 357 g/mol. The molecule has 4 heterocycles. The lowest BCUT2D eigenvalue weighted by Gasteiger charge is -2.38. The first kappa shape index (κ1) is 16.8. The SMILES string of the molecule is COCC(C)N1CCN(c2cc3nc(-c4ccco4)nn3c(N)n2)CC1. The van der Waals surface area contributed by atoms with Crippen LogP contribution in [0.2, 0.25) is 0 Å². The third-order valence-corrected chi connectivity index (χ3v) is 4.75. The summed E-state index contributed by atoms with van der Waals surface area (Å²) >= 11 is 0. The van der Waals surface area contributed by atoms with Gasteiger partial charge in [0.2, 0.25) is 11.8 Å². The Morgan fingerprint density at radius 2 is 2.08 bits per heavy atom. The van der Waals surface area contributed by atoms with Gasteiger partial charge in [0, 0.05) is 45.4 Å². The molecular weight excluding hydrogens is 334 g/mol. The number of nitrogen functional groups attached to an aromatic ring is 1. The lowest BCUT2D eigenvalue weighted by atomic mass is 10.2. The highest BCUT2D eigenvalue weighted by atomic mass is 16.5. The molecule has 3 aromatic heterocycles. The number of piperazine rings is 1. The van der Waals surface area contributed by atoms with E-state index < -0.39 is 0 Å². The smallest absolute Gasteiger partial charge is 0.225 e. The maximum atomic E-state index is 6.11. The number of nitrogens with zero attached hydrogens (tertiary/aromatic N) is 6. The highest BCUT2D eigenvalue weighted by molar-refractivity contribution is 5.59. The first-order valence-corrected chi connectivity index (χ1v) is 8.71. The summed E-state index contributed by atoms with van der Waals surface area (Å²) in [4.78, 5) is 13.7.